The van der Waals surface area contributed by atoms with Crippen LogP contribution in [0.15, 0.2) is 59.8 Å². The average Bonchev–Trinajstić information content (AvgIpc) is 2.68. The Kier molecular flexibility index (Phi) is 4.77. The monoisotopic (exact) mass is 394 g/mol. The van der Waals surface area contributed by atoms with Crippen LogP contribution in [0.2, 0.25) is 5.02 Å². The molecule has 2 aromatic carbocycles. The number of halogens is 1. The van der Waals surface area contributed by atoms with E-state index < -0.39 is 5.91 Å². The molecule has 0 bridgehead atoms. The van der Waals surface area contributed by atoms with Crippen molar-refractivity contribution in [1.29, 1.82) is 0 Å². The van der Waals surface area contributed by atoms with Gasteiger partial charge in [0.15, 0.2) is 5.78 Å². The van der Waals surface area contributed by atoms with Gasteiger partial charge in [-0.1, -0.05) is 41.9 Å². The van der Waals surface area contributed by atoms with Crippen molar-refractivity contribution in [3.8, 4) is 0 Å². The molecule has 2 aliphatic rings. The number of nitrogens with two attached hydrogens (primary N) is 1. The Labute approximate surface area is 167 Å². The van der Waals surface area contributed by atoms with Crippen LogP contribution < -0.4 is 10.6 Å². The molecule has 5 nitrogen and oxygen atoms in total. The van der Waals surface area contributed by atoms with Gasteiger partial charge in [-0.15, -0.1) is 0 Å². The fourth-order valence-electron chi connectivity index (χ4n) is 4.17. The first-order chi connectivity index (χ1) is 13.5. The third kappa shape index (κ3) is 3.02. The zero-order valence-electron chi connectivity index (χ0n) is 15.2. The Hall–Kier alpha value is -2.92. The van der Waals surface area contributed by atoms with Crippen molar-refractivity contribution in [2.24, 2.45) is 5.73 Å². The number of hydrogen-bond donors (Lipinski definition) is 1. The summed E-state index contributed by atoms with van der Waals surface area (Å²) in [6.45, 7) is 0. The van der Waals surface area contributed by atoms with Crippen molar-refractivity contribution in [2.45, 2.75) is 31.6 Å². The summed E-state index contributed by atoms with van der Waals surface area (Å²) in [5.74, 6) is -1.13. The Balaban J connectivity index is 1.92. The summed E-state index contributed by atoms with van der Waals surface area (Å²) in [6.07, 6.45) is 1.80. The first kappa shape index (κ1) is 18.4. The molecule has 6 heteroatoms. The molecule has 0 spiro atoms. The molecule has 1 unspecified atom stereocenters. The van der Waals surface area contributed by atoms with Crippen molar-refractivity contribution < 1.29 is 14.4 Å². The Bertz CT molecular complexity index is 1030. The maximum Gasteiger partial charge on any atom is 0.250 e. The molecule has 28 heavy (non-hydrogen) atoms. The molecule has 1 aliphatic carbocycles. The second-order valence-electron chi connectivity index (χ2n) is 7.03. The number of ketones is 1. The fraction of sp³-hybridized carbons (Fsp3) is 0.227. The van der Waals surface area contributed by atoms with E-state index in [1.54, 1.807) is 30.3 Å². The predicted octanol–water partition coefficient (Wildman–Crippen LogP) is 3.97. The summed E-state index contributed by atoms with van der Waals surface area (Å²) in [7, 11) is 0. The van der Waals surface area contributed by atoms with Crippen molar-refractivity contribution in [1.82, 2.24) is 0 Å². The smallest absolute Gasteiger partial charge is 0.250 e. The van der Waals surface area contributed by atoms with Crippen LogP contribution in [0.5, 0.6) is 0 Å². The Morgan fingerprint density at radius 2 is 1.75 bits per heavy atom. The zero-order valence-corrected chi connectivity index (χ0v) is 15.9. The van der Waals surface area contributed by atoms with Gasteiger partial charge in [-0.3, -0.25) is 19.3 Å². The van der Waals surface area contributed by atoms with Gasteiger partial charge >= 0.3 is 0 Å². The summed E-state index contributed by atoms with van der Waals surface area (Å²) in [6, 6.07) is 14.0. The van der Waals surface area contributed by atoms with Crippen LogP contribution in [0.3, 0.4) is 0 Å². The van der Waals surface area contributed by atoms with Crippen LogP contribution in [0, 0.1) is 0 Å². The lowest BCUT2D eigenvalue weighted by molar-refractivity contribution is -0.119. The number of Topliss-reactive ketones (excluding diaryl/α,β-unsaturated/α-hetero) is 1. The number of rotatable bonds is 3. The first-order valence-corrected chi connectivity index (χ1v) is 9.59. The van der Waals surface area contributed by atoms with Gasteiger partial charge in [0.1, 0.15) is 0 Å². The minimum absolute atomic E-state index is 0.0280. The summed E-state index contributed by atoms with van der Waals surface area (Å²) >= 11 is 6.38. The number of primary amides is 1. The standard InChI is InChI=1S/C22H19ClN2O3/c23-16-8-3-1-6-13(16)15-12-20(27)25(18-10-5-11-19(26)21(15)18)17-9-4-2-7-14(17)22(24)28/h1-4,6-9,15H,5,10-12H2,(H2,24,28). The van der Waals surface area contributed by atoms with E-state index in [0.29, 0.717) is 41.2 Å². The lowest BCUT2D eigenvalue weighted by atomic mass is 9.77. The van der Waals surface area contributed by atoms with Crippen molar-refractivity contribution in [3.63, 3.8) is 0 Å². The van der Waals surface area contributed by atoms with E-state index in [-0.39, 0.29) is 29.6 Å². The van der Waals surface area contributed by atoms with E-state index >= 15 is 0 Å². The number of anilines is 1. The topological polar surface area (TPSA) is 80.5 Å². The molecular formula is C22H19ClN2O3. The number of para-hydroxylation sites is 1. The highest BCUT2D eigenvalue weighted by Crippen LogP contribution is 2.45. The highest BCUT2D eigenvalue weighted by Gasteiger charge is 2.41. The SMILES string of the molecule is NC(=O)c1ccccc1N1C(=O)CC(c2ccccc2Cl)C2=C1CCCC2=O. The van der Waals surface area contributed by atoms with Gasteiger partial charge in [0.2, 0.25) is 5.91 Å². The number of carbonyl (C=O) groups is 3. The van der Waals surface area contributed by atoms with Crippen LogP contribution in [0.25, 0.3) is 0 Å². The molecule has 1 aliphatic heterocycles. The maximum absolute atomic E-state index is 13.2. The molecule has 4 rings (SSSR count). The molecule has 2 N–H and O–H groups in total. The van der Waals surface area contributed by atoms with E-state index in [0.717, 1.165) is 5.56 Å². The normalized spacial score (nSPS) is 19.6. The van der Waals surface area contributed by atoms with Gasteiger partial charge in [0.05, 0.1) is 11.3 Å². The molecule has 1 heterocycles. The van der Waals surface area contributed by atoms with Crippen molar-refractivity contribution in [3.05, 3.63) is 76.0 Å². The molecule has 0 saturated heterocycles. The lowest BCUT2D eigenvalue weighted by Crippen LogP contribution is -2.41. The predicted molar refractivity (Wildman–Crippen MR) is 107 cm³/mol. The van der Waals surface area contributed by atoms with E-state index in [9.17, 15) is 14.4 Å². The molecule has 142 valence electrons. The van der Waals surface area contributed by atoms with Gasteiger partial charge in [0.25, 0.3) is 5.91 Å². The van der Waals surface area contributed by atoms with Gasteiger partial charge in [0, 0.05) is 35.1 Å². The highest BCUT2D eigenvalue weighted by molar-refractivity contribution is 6.31. The van der Waals surface area contributed by atoms with Crippen molar-refractivity contribution >= 4 is 34.9 Å². The van der Waals surface area contributed by atoms with Crippen molar-refractivity contribution in [2.75, 3.05) is 4.90 Å². The molecule has 1 atom stereocenters. The third-order valence-electron chi connectivity index (χ3n) is 5.37. The number of hydrogen-bond acceptors (Lipinski definition) is 3. The average molecular weight is 395 g/mol. The zero-order chi connectivity index (χ0) is 19.8. The lowest BCUT2D eigenvalue weighted by Gasteiger charge is -2.39. The molecule has 0 saturated carbocycles. The van der Waals surface area contributed by atoms with E-state index in [1.807, 2.05) is 18.2 Å². The number of benzene rings is 2. The summed E-state index contributed by atoms with van der Waals surface area (Å²) in [4.78, 5) is 39.5. The number of amides is 2. The van der Waals surface area contributed by atoms with E-state index in [2.05, 4.69) is 0 Å². The molecule has 0 fully saturated rings. The van der Waals surface area contributed by atoms with Crippen LogP contribution in [-0.4, -0.2) is 17.6 Å². The van der Waals surface area contributed by atoms with Gasteiger partial charge < -0.3 is 5.73 Å². The van der Waals surface area contributed by atoms with Crippen LogP contribution in [0.1, 0.15) is 47.5 Å². The van der Waals surface area contributed by atoms with Crippen LogP contribution >= 0.6 is 11.6 Å². The highest BCUT2D eigenvalue weighted by atomic mass is 35.5. The molecule has 0 radical (unpaired) electrons. The summed E-state index contributed by atoms with van der Waals surface area (Å²) in [5.41, 5.74) is 8.28. The van der Waals surface area contributed by atoms with Gasteiger partial charge in [-0.2, -0.15) is 0 Å². The second kappa shape index (κ2) is 7.24. The minimum Gasteiger partial charge on any atom is -0.366 e. The van der Waals surface area contributed by atoms with Gasteiger partial charge in [-0.25, -0.2) is 0 Å². The number of carbonyl (C=O) groups excluding carboxylic acids is 3. The maximum atomic E-state index is 13.2. The van der Waals surface area contributed by atoms with Crippen LogP contribution in [-0.2, 0) is 9.59 Å². The molecular weight excluding hydrogens is 376 g/mol. The molecule has 2 aromatic rings. The number of nitrogens with zero attached hydrogens (tertiary/aromatic N) is 1. The van der Waals surface area contributed by atoms with E-state index in [4.69, 9.17) is 17.3 Å². The molecule has 2 amide bonds. The quantitative estimate of drug-likeness (QED) is 0.855. The number of allylic oxidation sites excluding steroid dienone is 2. The fourth-order valence-corrected chi connectivity index (χ4v) is 4.44. The summed E-state index contributed by atoms with van der Waals surface area (Å²) < 4.78 is 0. The molecule has 0 aromatic heterocycles. The summed E-state index contributed by atoms with van der Waals surface area (Å²) in [5, 5.41) is 0.538. The second-order valence-corrected chi connectivity index (χ2v) is 7.43. The Morgan fingerprint density at radius 1 is 1.04 bits per heavy atom. The van der Waals surface area contributed by atoms with Crippen LogP contribution in [0.4, 0.5) is 5.69 Å². The van der Waals surface area contributed by atoms with E-state index in [1.165, 1.54) is 4.90 Å². The van der Waals surface area contributed by atoms with Gasteiger partial charge in [-0.05, 0) is 36.6 Å². The first-order valence-electron chi connectivity index (χ1n) is 9.21. The largest absolute Gasteiger partial charge is 0.366 e. The Morgan fingerprint density at radius 3 is 2.50 bits per heavy atom. The third-order valence-corrected chi connectivity index (χ3v) is 5.71. The minimum atomic E-state index is -0.610.